The molecule has 1 unspecified atom stereocenters. The predicted molar refractivity (Wildman–Crippen MR) is 70.9 cm³/mol. The maximum absolute atomic E-state index is 11.7. The summed E-state index contributed by atoms with van der Waals surface area (Å²) in [5.74, 6) is -0.0902. The number of carbonyl (C=O) groups is 1. The van der Waals surface area contributed by atoms with Gasteiger partial charge in [0, 0.05) is 11.1 Å². The van der Waals surface area contributed by atoms with Crippen molar-refractivity contribution in [3.8, 4) is 0 Å². The molecule has 3 N–H and O–H groups in total. The SMILES string of the molecule is CCC[C@@H](N)C(=O)NC(C)c1ncc(CC)s1. The van der Waals surface area contributed by atoms with Crippen LogP contribution in [0.2, 0.25) is 0 Å². The highest BCUT2D eigenvalue weighted by atomic mass is 32.1. The van der Waals surface area contributed by atoms with Crippen molar-refractivity contribution in [1.29, 1.82) is 0 Å². The Bertz CT molecular complexity index is 364. The lowest BCUT2D eigenvalue weighted by Crippen LogP contribution is -2.41. The fourth-order valence-electron chi connectivity index (χ4n) is 1.51. The van der Waals surface area contributed by atoms with Crippen molar-refractivity contribution in [1.82, 2.24) is 10.3 Å². The molecule has 1 aromatic heterocycles. The van der Waals surface area contributed by atoms with Gasteiger partial charge in [0.25, 0.3) is 0 Å². The third-order valence-electron chi connectivity index (χ3n) is 2.59. The van der Waals surface area contributed by atoms with Gasteiger partial charge in [-0.25, -0.2) is 4.98 Å². The van der Waals surface area contributed by atoms with Gasteiger partial charge >= 0.3 is 0 Å². The van der Waals surface area contributed by atoms with Gasteiger partial charge in [-0.15, -0.1) is 11.3 Å². The van der Waals surface area contributed by atoms with E-state index in [0.29, 0.717) is 0 Å². The van der Waals surface area contributed by atoms with Crippen molar-refractivity contribution >= 4 is 17.2 Å². The molecule has 0 aliphatic heterocycles. The first-order valence-corrected chi connectivity index (χ1v) is 6.90. The van der Waals surface area contributed by atoms with Crippen LogP contribution in [0.15, 0.2) is 6.20 Å². The van der Waals surface area contributed by atoms with Crippen LogP contribution >= 0.6 is 11.3 Å². The number of nitrogens with one attached hydrogen (secondary N) is 1. The first-order valence-electron chi connectivity index (χ1n) is 6.09. The minimum absolute atomic E-state index is 0.0595. The molecule has 1 rings (SSSR count). The summed E-state index contributed by atoms with van der Waals surface area (Å²) in [6.07, 6.45) is 4.49. The highest BCUT2D eigenvalue weighted by Crippen LogP contribution is 2.20. The molecule has 96 valence electrons. The highest BCUT2D eigenvalue weighted by Gasteiger charge is 2.17. The molecule has 0 aliphatic carbocycles. The molecular formula is C12H21N3OS. The molecule has 17 heavy (non-hydrogen) atoms. The summed E-state index contributed by atoms with van der Waals surface area (Å²) in [6, 6.07) is -0.469. The average molecular weight is 255 g/mol. The normalized spacial score (nSPS) is 14.4. The minimum atomic E-state index is -0.409. The predicted octanol–water partition coefficient (Wildman–Crippen LogP) is 2.01. The summed E-state index contributed by atoms with van der Waals surface area (Å²) in [6.45, 7) is 6.05. The van der Waals surface area contributed by atoms with Crippen molar-refractivity contribution in [2.75, 3.05) is 0 Å². The number of amides is 1. The molecular weight excluding hydrogens is 234 g/mol. The maximum Gasteiger partial charge on any atom is 0.237 e. The van der Waals surface area contributed by atoms with Crippen LogP contribution in [0.1, 0.15) is 49.5 Å². The minimum Gasteiger partial charge on any atom is -0.346 e. The summed E-state index contributed by atoms with van der Waals surface area (Å²) in [5, 5.41) is 3.85. The number of hydrogen-bond acceptors (Lipinski definition) is 4. The van der Waals surface area contributed by atoms with E-state index in [1.54, 1.807) is 11.3 Å². The zero-order chi connectivity index (χ0) is 12.8. The Morgan fingerprint density at radius 1 is 1.59 bits per heavy atom. The summed E-state index contributed by atoms with van der Waals surface area (Å²) in [5.41, 5.74) is 5.76. The largest absolute Gasteiger partial charge is 0.346 e. The molecule has 0 radical (unpaired) electrons. The van der Waals surface area contributed by atoms with E-state index in [-0.39, 0.29) is 11.9 Å². The van der Waals surface area contributed by atoms with Gasteiger partial charge in [0.1, 0.15) is 5.01 Å². The van der Waals surface area contributed by atoms with Crippen molar-refractivity contribution in [3.05, 3.63) is 16.1 Å². The Morgan fingerprint density at radius 3 is 2.82 bits per heavy atom. The molecule has 0 fully saturated rings. The monoisotopic (exact) mass is 255 g/mol. The van der Waals surface area contributed by atoms with Gasteiger partial charge in [-0.2, -0.15) is 0 Å². The van der Waals surface area contributed by atoms with Crippen molar-refractivity contribution in [2.45, 2.75) is 52.1 Å². The Balaban J connectivity index is 2.53. The first kappa shape index (κ1) is 14.1. The van der Waals surface area contributed by atoms with Gasteiger partial charge in [0.15, 0.2) is 0 Å². The van der Waals surface area contributed by atoms with Crippen LogP contribution in [-0.2, 0) is 11.2 Å². The van der Waals surface area contributed by atoms with Crippen molar-refractivity contribution < 1.29 is 4.79 Å². The second-order valence-corrected chi connectivity index (χ2v) is 5.29. The van der Waals surface area contributed by atoms with Gasteiger partial charge in [0.05, 0.1) is 12.1 Å². The molecule has 1 amide bonds. The molecule has 0 saturated carbocycles. The molecule has 1 aromatic rings. The van der Waals surface area contributed by atoms with Crippen LogP contribution in [-0.4, -0.2) is 16.9 Å². The van der Waals surface area contributed by atoms with Crippen LogP contribution in [0.25, 0.3) is 0 Å². The molecule has 5 heteroatoms. The number of rotatable bonds is 6. The lowest BCUT2D eigenvalue weighted by molar-refractivity contribution is -0.123. The second-order valence-electron chi connectivity index (χ2n) is 4.14. The Labute approximate surface area is 107 Å². The lowest BCUT2D eigenvalue weighted by Gasteiger charge is -2.15. The number of aromatic nitrogens is 1. The zero-order valence-corrected chi connectivity index (χ0v) is 11.5. The quantitative estimate of drug-likeness (QED) is 0.817. The topological polar surface area (TPSA) is 68.0 Å². The van der Waals surface area contributed by atoms with Gasteiger partial charge in [0.2, 0.25) is 5.91 Å². The van der Waals surface area contributed by atoms with E-state index in [0.717, 1.165) is 24.3 Å². The summed E-state index contributed by atoms with van der Waals surface area (Å²) in [4.78, 5) is 17.3. The average Bonchev–Trinajstić information content (AvgIpc) is 2.77. The van der Waals surface area contributed by atoms with Crippen LogP contribution in [0.5, 0.6) is 0 Å². The van der Waals surface area contributed by atoms with E-state index in [1.807, 2.05) is 20.0 Å². The molecule has 0 aromatic carbocycles. The smallest absolute Gasteiger partial charge is 0.237 e. The molecule has 4 nitrogen and oxygen atoms in total. The Morgan fingerprint density at radius 2 is 2.29 bits per heavy atom. The van der Waals surface area contributed by atoms with Crippen molar-refractivity contribution in [2.24, 2.45) is 5.73 Å². The lowest BCUT2D eigenvalue weighted by atomic mass is 10.1. The van der Waals surface area contributed by atoms with E-state index in [4.69, 9.17) is 5.73 Å². The molecule has 0 spiro atoms. The third-order valence-corrected chi connectivity index (χ3v) is 3.91. The van der Waals surface area contributed by atoms with E-state index in [2.05, 4.69) is 17.2 Å². The highest BCUT2D eigenvalue weighted by molar-refractivity contribution is 7.11. The van der Waals surface area contributed by atoms with E-state index in [1.165, 1.54) is 4.88 Å². The Kier molecular flexibility index (Phi) is 5.58. The van der Waals surface area contributed by atoms with Crippen LogP contribution in [0, 0.1) is 0 Å². The number of nitrogens with zero attached hydrogens (tertiary/aromatic N) is 1. The molecule has 2 atom stereocenters. The summed E-state index contributed by atoms with van der Waals surface area (Å²) >= 11 is 1.64. The van der Waals surface area contributed by atoms with E-state index >= 15 is 0 Å². The fraction of sp³-hybridized carbons (Fsp3) is 0.667. The van der Waals surface area contributed by atoms with Gasteiger partial charge in [-0.05, 0) is 19.8 Å². The number of hydrogen-bond donors (Lipinski definition) is 2. The zero-order valence-electron chi connectivity index (χ0n) is 10.7. The number of carbonyl (C=O) groups excluding carboxylic acids is 1. The molecule has 0 bridgehead atoms. The van der Waals surface area contributed by atoms with Gasteiger partial charge < -0.3 is 11.1 Å². The first-order chi connectivity index (χ1) is 8.08. The molecule has 0 saturated heterocycles. The Hall–Kier alpha value is -0.940. The summed E-state index contributed by atoms with van der Waals surface area (Å²) < 4.78 is 0. The van der Waals surface area contributed by atoms with Crippen molar-refractivity contribution in [3.63, 3.8) is 0 Å². The van der Waals surface area contributed by atoms with Gasteiger partial charge in [-0.3, -0.25) is 4.79 Å². The number of thiazole rings is 1. The standard InChI is InChI=1S/C12H21N3OS/c1-4-6-10(13)11(16)15-8(3)12-14-7-9(5-2)17-12/h7-8,10H,4-6,13H2,1-3H3,(H,15,16)/t8?,10-/m1/s1. The van der Waals surface area contributed by atoms with Crippen LogP contribution in [0.3, 0.4) is 0 Å². The maximum atomic E-state index is 11.7. The second kappa shape index (κ2) is 6.71. The summed E-state index contributed by atoms with van der Waals surface area (Å²) in [7, 11) is 0. The van der Waals surface area contributed by atoms with Crippen LogP contribution < -0.4 is 11.1 Å². The molecule has 0 aliphatic rings. The van der Waals surface area contributed by atoms with E-state index in [9.17, 15) is 4.79 Å². The number of nitrogens with two attached hydrogens (primary N) is 1. The van der Waals surface area contributed by atoms with Gasteiger partial charge in [-0.1, -0.05) is 20.3 Å². The fourth-order valence-corrected chi connectivity index (χ4v) is 2.37. The van der Waals surface area contributed by atoms with E-state index < -0.39 is 6.04 Å². The number of aryl methyl sites for hydroxylation is 1. The van der Waals surface area contributed by atoms with Crippen LogP contribution in [0.4, 0.5) is 0 Å². The molecule has 1 heterocycles. The third kappa shape index (κ3) is 4.09.